The lowest BCUT2D eigenvalue weighted by molar-refractivity contribution is -0.384. The number of nitro groups is 1. The summed E-state index contributed by atoms with van der Waals surface area (Å²) in [4.78, 5) is 23.4. The van der Waals surface area contributed by atoms with Gasteiger partial charge < -0.3 is 9.47 Å². The molecule has 8 nitrogen and oxygen atoms in total. The molecule has 1 aliphatic rings. The Kier molecular flexibility index (Phi) is 7.61. The minimum atomic E-state index is -2.35. The van der Waals surface area contributed by atoms with Crippen LogP contribution in [0.5, 0.6) is 11.5 Å². The van der Waals surface area contributed by atoms with Crippen LogP contribution in [0.3, 0.4) is 0 Å². The van der Waals surface area contributed by atoms with Gasteiger partial charge in [-0.1, -0.05) is 18.2 Å². The Labute approximate surface area is 217 Å². The molecule has 0 N–H and O–H groups in total. The number of carbonyl (C=O) groups excluding carboxylic acids is 1. The van der Waals surface area contributed by atoms with Crippen LogP contribution in [0.2, 0.25) is 0 Å². The Balaban J connectivity index is 1.62. The molecule has 202 valence electrons. The summed E-state index contributed by atoms with van der Waals surface area (Å²) in [5.74, 6) is -11.7. The van der Waals surface area contributed by atoms with Gasteiger partial charge in [0, 0.05) is 12.1 Å². The molecule has 0 radical (unpaired) electrons. The maximum atomic E-state index is 14.3. The lowest BCUT2D eigenvalue weighted by Gasteiger charge is -2.15. The Morgan fingerprint density at radius 1 is 0.949 bits per heavy atom. The number of amides is 1. The Morgan fingerprint density at radius 2 is 1.62 bits per heavy atom. The molecule has 3 aromatic rings. The van der Waals surface area contributed by atoms with Crippen molar-refractivity contribution in [2.75, 3.05) is 11.6 Å². The molecule has 0 unspecified atom stereocenters. The highest BCUT2D eigenvalue weighted by molar-refractivity contribution is 6.32. The molecule has 0 fully saturated rings. The van der Waals surface area contributed by atoms with Gasteiger partial charge in [0.05, 0.1) is 22.8 Å². The maximum Gasteiger partial charge on any atom is 0.280 e. The normalized spacial score (nSPS) is 14.1. The van der Waals surface area contributed by atoms with E-state index in [2.05, 4.69) is 5.10 Å². The summed E-state index contributed by atoms with van der Waals surface area (Å²) in [6.07, 6.45) is 1.31. The van der Waals surface area contributed by atoms with E-state index in [1.54, 1.807) is 13.0 Å². The van der Waals surface area contributed by atoms with E-state index in [0.29, 0.717) is 11.1 Å². The largest absolute Gasteiger partial charge is 0.490 e. The van der Waals surface area contributed by atoms with Crippen LogP contribution in [0.25, 0.3) is 6.08 Å². The van der Waals surface area contributed by atoms with Gasteiger partial charge in [-0.15, -0.1) is 0 Å². The van der Waals surface area contributed by atoms with E-state index >= 15 is 0 Å². The van der Waals surface area contributed by atoms with E-state index in [1.165, 1.54) is 49.4 Å². The molecule has 0 saturated carbocycles. The summed E-state index contributed by atoms with van der Waals surface area (Å²) in [5.41, 5.74) is -0.868. The molecular formula is C26H18F5N3O5. The third-order valence-electron chi connectivity index (χ3n) is 5.56. The third kappa shape index (κ3) is 5.28. The zero-order valence-electron chi connectivity index (χ0n) is 20.3. The molecule has 0 atom stereocenters. The predicted molar refractivity (Wildman–Crippen MR) is 130 cm³/mol. The summed E-state index contributed by atoms with van der Waals surface area (Å²) in [6.45, 7) is 3.27. The van der Waals surface area contributed by atoms with Crippen molar-refractivity contribution in [3.8, 4) is 11.5 Å². The van der Waals surface area contributed by atoms with Gasteiger partial charge in [0.15, 0.2) is 34.8 Å². The zero-order valence-corrected chi connectivity index (χ0v) is 20.3. The number of non-ortho nitro benzene ring substituents is 1. The first kappa shape index (κ1) is 27.2. The quantitative estimate of drug-likeness (QED) is 0.0852. The van der Waals surface area contributed by atoms with Gasteiger partial charge in [-0.3, -0.25) is 14.9 Å². The number of ether oxygens (including phenoxy) is 2. The van der Waals surface area contributed by atoms with E-state index in [4.69, 9.17) is 9.47 Å². The van der Waals surface area contributed by atoms with Gasteiger partial charge in [0.2, 0.25) is 5.82 Å². The van der Waals surface area contributed by atoms with Gasteiger partial charge in [-0.05, 0) is 43.2 Å². The number of anilines is 1. The highest BCUT2D eigenvalue weighted by Gasteiger charge is 2.37. The van der Waals surface area contributed by atoms with E-state index in [-0.39, 0.29) is 46.7 Å². The van der Waals surface area contributed by atoms with Gasteiger partial charge in [0.25, 0.3) is 11.6 Å². The van der Waals surface area contributed by atoms with Crippen LogP contribution in [0, 0.1) is 39.2 Å². The minimum Gasteiger partial charge on any atom is -0.490 e. The maximum absolute atomic E-state index is 14.3. The number of halogens is 5. The highest BCUT2D eigenvalue weighted by atomic mass is 19.2. The third-order valence-corrected chi connectivity index (χ3v) is 5.56. The molecule has 0 bridgehead atoms. The standard InChI is InChI=1S/C26H18F5N3O5/c1-3-38-19-11-14(7-8-18(19)39-12-15-5-4-6-16(9-15)34(36)37)10-17-13(2)32-33(26(17)35)25-23(30)21(28)20(27)22(29)24(25)31/h4-11H,3,12H2,1-2H3/b17-10+. The molecule has 0 aromatic heterocycles. The number of nitro benzene ring substituents is 1. The lowest BCUT2D eigenvalue weighted by atomic mass is 10.1. The number of rotatable bonds is 8. The van der Waals surface area contributed by atoms with Gasteiger partial charge in [0.1, 0.15) is 12.3 Å². The second kappa shape index (κ2) is 10.9. The Bertz CT molecular complexity index is 1530. The van der Waals surface area contributed by atoms with E-state index < -0.39 is 45.6 Å². The number of nitrogens with zero attached hydrogens (tertiary/aromatic N) is 3. The first-order valence-electron chi connectivity index (χ1n) is 11.3. The summed E-state index contributed by atoms with van der Waals surface area (Å²) >= 11 is 0. The van der Waals surface area contributed by atoms with Crippen molar-refractivity contribution in [3.05, 3.63) is 98.4 Å². The second-order valence-corrected chi connectivity index (χ2v) is 8.13. The summed E-state index contributed by atoms with van der Waals surface area (Å²) in [7, 11) is 0. The molecule has 1 aliphatic heterocycles. The molecule has 1 heterocycles. The summed E-state index contributed by atoms with van der Waals surface area (Å²) in [5, 5.41) is 14.8. The van der Waals surface area contributed by atoms with Crippen molar-refractivity contribution in [2.45, 2.75) is 20.5 Å². The van der Waals surface area contributed by atoms with Crippen LogP contribution in [-0.2, 0) is 11.4 Å². The molecule has 0 spiro atoms. The molecule has 0 saturated heterocycles. The molecule has 0 aliphatic carbocycles. The van der Waals surface area contributed by atoms with Crippen molar-refractivity contribution in [2.24, 2.45) is 5.10 Å². The van der Waals surface area contributed by atoms with Crippen LogP contribution in [0.4, 0.5) is 33.3 Å². The van der Waals surface area contributed by atoms with Crippen LogP contribution in [0.1, 0.15) is 25.0 Å². The van der Waals surface area contributed by atoms with Gasteiger partial charge in [-0.25, -0.2) is 22.0 Å². The number of hydrazone groups is 1. The fraction of sp³-hybridized carbons (Fsp3) is 0.154. The number of hydrogen-bond donors (Lipinski definition) is 0. The fourth-order valence-corrected chi connectivity index (χ4v) is 3.70. The van der Waals surface area contributed by atoms with Crippen molar-refractivity contribution in [1.82, 2.24) is 0 Å². The SMILES string of the molecule is CCOc1cc(/C=C2/C(=O)N(c3c(F)c(F)c(F)c(F)c3F)N=C2C)ccc1OCc1cccc([N+](=O)[O-])c1. The molecule has 1 amide bonds. The smallest absolute Gasteiger partial charge is 0.280 e. The van der Waals surface area contributed by atoms with Crippen LogP contribution >= 0.6 is 0 Å². The molecule has 3 aromatic carbocycles. The van der Waals surface area contributed by atoms with Crippen LogP contribution in [0.15, 0.2) is 53.1 Å². The topological polar surface area (TPSA) is 94.3 Å². The number of benzene rings is 3. The first-order valence-corrected chi connectivity index (χ1v) is 11.3. The highest BCUT2D eigenvalue weighted by Crippen LogP contribution is 2.35. The van der Waals surface area contributed by atoms with E-state index in [1.807, 2.05) is 0 Å². The number of hydrogen-bond acceptors (Lipinski definition) is 6. The number of carbonyl (C=O) groups is 1. The van der Waals surface area contributed by atoms with Crippen molar-refractivity contribution in [1.29, 1.82) is 0 Å². The fourth-order valence-electron chi connectivity index (χ4n) is 3.70. The lowest BCUT2D eigenvalue weighted by Crippen LogP contribution is -2.25. The van der Waals surface area contributed by atoms with Crippen LogP contribution in [-0.4, -0.2) is 23.1 Å². The van der Waals surface area contributed by atoms with Crippen molar-refractivity contribution in [3.63, 3.8) is 0 Å². The molecule has 4 rings (SSSR count). The first-order chi connectivity index (χ1) is 18.5. The predicted octanol–water partition coefficient (Wildman–Crippen LogP) is 6.07. The molecular weight excluding hydrogens is 529 g/mol. The zero-order chi connectivity index (χ0) is 28.4. The second-order valence-electron chi connectivity index (χ2n) is 8.13. The van der Waals surface area contributed by atoms with Gasteiger partial charge in [-0.2, -0.15) is 10.1 Å². The summed E-state index contributed by atoms with van der Waals surface area (Å²) in [6, 6.07) is 10.4. The minimum absolute atomic E-state index is 0.0106. The Morgan fingerprint density at radius 3 is 2.26 bits per heavy atom. The summed E-state index contributed by atoms with van der Waals surface area (Å²) < 4.78 is 80.7. The Hall–Kier alpha value is -4.81. The average molecular weight is 547 g/mol. The molecule has 13 heteroatoms. The monoisotopic (exact) mass is 547 g/mol. The van der Waals surface area contributed by atoms with Crippen molar-refractivity contribution >= 4 is 29.1 Å². The van der Waals surface area contributed by atoms with Crippen molar-refractivity contribution < 1.29 is 41.1 Å². The van der Waals surface area contributed by atoms with E-state index in [0.717, 1.165) is 0 Å². The van der Waals surface area contributed by atoms with Gasteiger partial charge >= 0.3 is 0 Å². The average Bonchev–Trinajstić information content (AvgIpc) is 3.19. The molecule has 39 heavy (non-hydrogen) atoms. The van der Waals surface area contributed by atoms with E-state index in [9.17, 15) is 36.9 Å². The van der Waals surface area contributed by atoms with Crippen LogP contribution < -0.4 is 14.5 Å².